The molecule has 0 radical (unpaired) electrons. The normalized spacial score (nSPS) is 25.6. The van der Waals surface area contributed by atoms with Crippen molar-refractivity contribution in [1.29, 1.82) is 0 Å². The number of hydrogen-bond acceptors (Lipinski definition) is 4. The molecule has 2 aliphatic rings. The van der Waals surface area contributed by atoms with Gasteiger partial charge in [-0.3, -0.25) is 14.2 Å². The van der Waals surface area contributed by atoms with Gasteiger partial charge < -0.3 is 5.32 Å². The summed E-state index contributed by atoms with van der Waals surface area (Å²) in [4.78, 5) is 26.7. The highest BCUT2D eigenvalue weighted by molar-refractivity contribution is 8.00. The lowest BCUT2D eigenvalue weighted by Crippen LogP contribution is -2.39. The Balaban J connectivity index is 1.62. The van der Waals surface area contributed by atoms with Crippen molar-refractivity contribution in [1.82, 2.24) is 4.57 Å². The van der Waals surface area contributed by atoms with Crippen LogP contribution in [0, 0.1) is 18.8 Å². The molecule has 2 aromatic rings. The third kappa shape index (κ3) is 3.69. The number of thioether (sulfide) groups is 1. The minimum absolute atomic E-state index is 0.00781. The zero-order chi connectivity index (χ0) is 20.1. The van der Waals surface area contributed by atoms with Crippen LogP contribution in [-0.4, -0.2) is 15.2 Å². The summed E-state index contributed by atoms with van der Waals surface area (Å²) in [5, 5.41) is 3.96. The van der Waals surface area contributed by atoms with Crippen molar-refractivity contribution >= 4 is 34.7 Å². The van der Waals surface area contributed by atoms with Crippen LogP contribution in [0.15, 0.2) is 34.1 Å². The average molecular weight is 417 g/mol. The summed E-state index contributed by atoms with van der Waals surface area (Å²) in [6.45, 7) is 8.99. The molecule has 0 spiro atoms. The van der Waals surface area contributed by atoms with E-state index in [1.165, 1.54) is 29.1 Å². The number of thiazole rings is 1. The maximum Gasteiger partial charge on any atom is 0.308 e. The van der Waals surface area contributed by atoms with Crippen molar-refractivity contribution in [2.24, 2.45) is 11.8 Å². The van der Waals surface area contributed by atoms with E-state index in [-0.39, 0.29) is 22.1 Å². The van der Waals surface area contributed by atoms with E-state index >= 15 is 0 Å². The molecule has 1 N–H and O–H groups in total. The Kier molecular flexibility index (Phi) is 5.21. The Morgan fingerprint density at radius 3 is 2.86 bits per heavy atom. The van der Waals surface area contributed by atoms with Crippen LogP contribution in [0.3, 0.4) is 0 Å². The van der Waals surface area contributed by atoms with Crippen molar-refractivity contribution in [2.75, 3.05) is 5.32 Å². The lowest BCUT2D eigenvalue weighted by Gasteiger charge is -2.47. The van der Waals surface area contributed by atoms with Crippen molar-refractivity contribution in [2.45, 2.75) is 69.2 Å². The number of nitrogens with one attached hydrogen (secondary N) is 1. The van der Waals surface area contributed by atoms with Crippen LogP contribution in [0.4, 0.5) is 5.69 Å². The Morgan fingerprint density at radius 1 is 1.32 bits per heavy atom. The Labute approximate surface area is 174 Å². The van der Waals surface area contributed by atoms with Gasteiger partial charge in [0.05, 0.1) is 5.03 Å². The molecule has 0 bridgehead atoms. The molecule has 1 saturated carbocycles. The van der Waals surface area contributed by atoms with E-state index < -0.39 is 0 Å². The summed E-state index contributed by atoms with van der Waals surface area (Å²) < 4.78 is 1.78. The topological polar surface area (TPSA) is 51.1 Å². The summed E-state index contributed by atoms with van der Waals surface area (Å²) in [5.74, 6) is 1.61. The molecule has 1 aromatic carbocycles. The standard InChI is InChI=1S/C22H28N2O2S2/c1-13-6-5-7-15(10-13)23-18(25)12-24-20-19(27-21(24)26)16-11-14(2)8-9-17(16)22(3,4)28-20/h5-7,10,14,16-17H,8-9,11-12H2,1-4H3,(H,23,25)/t14-,16-,17-/m0/s1. The number of amides is 1. The summed E-state index contributed by atoms with van der Waals surface area (Å²) in [5.41, 5.74) is 1.87. The van der Waals surface area contributed by atoms with Crippen molar-refractivity contribution in [3.63, 3.8) is 0 Å². The number of aromatic nitrogens is 1. The number of anilines is 1. The molecular formula is C22H28N2O2S2. The van der Waals surface area contributed by atoms with Crippen LogP contribution in [-0.2, 0) is 11.3 Å². The summed E-state index contributed by atoms with van der Waals surface area (Å²) in [6.07, 6.45) is 3.65. The number of fused-ring (bicyclic) bond motifs is 3. The largest absolute Gasteiger partial charge is 0.325 e. The Bertz CT molecular complexity index is 960. The number of carbonyl (C=O) groups is 1. The minimum Gasteiger partial charge on any atom is -0.325 e. The maximum atomic E-state index is 12.8. The molecule has 4 rings (SSSR count). The molecule has 2 heterocycles. The third-order valence-electron chi connectivity index (χ3n) is 6.18. The van der Waals surface area contributed by atoms with Gasteiger partial charge in [0.25, 0.3) is 0 Å². The molecule has 4 nitrogen and oxygen atoms in total. The lowest BCUT2D eigenvalue weighted by atomic mass is 9.69. The van der Waals surface area contributed by atoms with Gasteiger partial charge in [-0.15, -0.1) is 11.8 Å². The number of nitrogens with zero attached hydrogens (tertiary/aromatic N) is 1. The first-order chi connectivity index (χ1) is 13.2. The molecule has 150 valence electrons. The Morgan fingerprint density at radius 2 is 2.11 bits per heavy atom. The number of carbonyl (C=O) groups excluding carboxylic acids is 1. The molecule has 1 aliphatic carbocycles. The van der Waals surface area contributed by atoms with Gasteiger partial charge in [-0.05, 0) is 49.3 Å². The predicted molar refractivity (Wildman–Crippen MR) is 118 cm³/mol. The SMILES string of the molecule is Cc1cccc(NC(=O)Cn2c3c(sc2=O)[C@H]2C[C@@H](C)CC[C@@H]2C(C)(C)S3)c1. The Hall–Kier alpha value is -1.53. The molecule has 1 amide bonds. The molecule has 1 aromatic heterocycles. The summed E-state index contributed by atoms with van der Waals surface area (Å²) in [7, 11) is 0. The van der Waals surface area contributed by atoms with E-state index in [4.69, 9.17) is 0 Å². The van der Waals surface area contributed by atoms with E-state index in [9.17, 15) is 9.59 Å². The lowest BCUT2D eigenvalue weighted by molar-refractivity contribution is -0.116. The van der Waals surface area contributed by atoms with Crippen molar-refractivity contribution in [3.8, 4) is 0 Å². The van der Waals surface area contributed by atoms with Gasteiger partial charge in [0, 0.05) is 21.2 Å². The second-order valence-electron chi connectivity index (χ2n) is 8.88. The third-order valence-corrected chi connectivity index (χ3v) is 8.88. The second-order valence-corrected chi connectivity index (χ2v) is 11.5. The van der Waals surface area contributed by atoms with E-state index in [0.29, 0.717) is 17.8 Å². The first kappa shape index (κ1) is 19.8. The number of rotatable bonds is 3. The summed E-state index contributed by atoms with van der Waals surface area (Å²) in [6, 6.07) is 7.74. The quantitative estimate of drug-likeness (QED) is 0.742. The van der Waals surface area contributed by atoms with Gasteiger partial charge in [0.15, 0.2) is 0 Å². The van der Waals surface area contributed by atoms with Crippen LogP contribution >= 0.6 is 23.1 Å². The fourth-order valence-electron chi connectivity index (χ4n) is 4.78. The van der Waals surface area contributed by atoms with Crippen LogP contribution in [0.5, 0.6) is 0 Å². The van der Waals surface area contributed by atoms with Crippen LogP contribution in [0.2, 0.25) is 0 Å². The van der Waals surface area contributed by atoms with Crippen molar-refractivity contribution < 1.29 is 4.79 Å². The van der Waals surface area contributed by atoms with Gasteiger partial charge in [-0.2, -0.15) is 0 Å². The van der Waals surface area contributed by atoms with Gasteiger partial charge in [-0.25, -0.2) is 0 Å². The second kappa shape index (κ2) is 7.38. The van der Waals surface area contributed by atoms with E-state index in [0.717, 1.165) is 22.7 Å². The van der Waals surface area contributed by atoms with Gasteiger partial charge in [0.1, 0.15) is 6.54 Å². The molecule has 0 saturated heterocycles. The molecule has 28 heavy (non-hydrogen) atoms. The monoisotopic (exact) mass is 416 g/mol. The zero-order valence-corrected chi connectivity index (χ0v) is 18.6. The molecule has 1 aliphatic heterocycles. The first-order valence-electron chi connectivity index (χ1n) is 10.0. The number of aryl methyl sites for hydroxylation is 1. The van der Waals surface area contributed by atoms with Crippen LogP contribution < -0.4 is 10.2 Å². The van der Waals surface area contributed by atoms with Gasteiger partial charge >= 0.3 is 4.87 Å². The van der Waals surface area contributed by atoms with E-state index in [1.807, 2.05) is 31.2 Å². The fraction of sp³-hybridized carbons (Fsp3) is 0.545. The highest BCUT2D eigenvalue weighted by atomic mass is 32.2. The zero-order valence-electron chi connectivity index (χ0n) is 17.0. The molecule has 0 unspecified atom stereocenters. The van der Waals surface area contributed by atoms with E-state index in [2.05, 4.69) is 26.1 Å². The van der Waals surface area contributed by atoms with Gasteiger partial charge in [0.2, 0.25) is 5.91 Å². The minimum atomic E-state index is -0.147. The number of hydrogen-bond donors (Lipinski definition) is 1. The van der Waals surface area contributed by atoms with Crippen LogP contribution in [0.1, 0.15) is 56.4 Å². The predicted octanol–water partition coefficient (Wildman–Crippen LogP) is 5.26. The summed E-state index contributed by atoms with van der Waals surface area (Å²) >= 11 is 3.16. The van der Waals surface area contributed by atoms with Crippen molar-refractivity contribution in [3.05, 3.63) is 44.4 Å². The molecular weight excluding hydrogens is 388 g/mol. The molecule has 3 atom stereocenters. The first-order valence-corrected chi connectivity index (χ1v) is 11.7. The number of benzene rings is 1. The average Bonchev–Trinajstić information content (AvgIpc) is 2.90. The highest BCUT2D eigenvalue weighted by Gasteiger charge is 2.47. The maximum absolute atomic E-state index is 12.8. The van der Waals surface area contributed by atoms with E-state index in [1.54, 1.807) is 16.3 Å². The fourth-order valence-corrected chi connectivity index (χ4v) is 7.59. The smallest absolute Gasteiger partial charge is 0.308 e. The molecule has 1 fully saturated rings. The highest BCUT2D eigenvalue weighted by Crippen LogP contribution is 2.58. The van der Waals surface area contributed by atoms with Gasteiger partial charge in [-0.1, -0.05) is 50.7 Å². The van der Waals surface area contributed by atoms with Crippen LogP contribution in [0.25, 0.3) is 0 Å². The molecule has 6 heteroatoms.